The second-order valence-corrected chi connectivity index (χ2v) is 6.65. The minimum absolute atomic E-state index is 0.232. The molecule has 0 radical (unpaired) electrons. The number of nitrogens with zero attached hydrogens (tertiary/aromatic N) is 1. The van der Waals surface area contributed by atoms with Gasteiger partial charge in [0.25, 0.3) is 0 Å². The van der Waals surface area contributed by atoms with Crippen molar-refractivity contribution in [2.45, 2.75) is 24.8 Å². The van der Waals surface area contributed by atoms with Crippen LogP contribution in [0.25, 0.3) is 0 Å². The van der Waals surface area contributed by atoms with Crippen LogP contribution < -0.4 is 0 Å². The van der Waals surface area contributed by atoms with Crippen LogP contribution in [0.3, 0.4) is 0 Å². The molecule has 2 rings (SSSR count). The molecule has 19 heavy (non-hydrogen) atoms. The topological polar surface area (TPSA) is 66.8 Å². The first-order valence-electron chi connectivity index (χ1n) is 6.24. The molecule has 1 aliphatic heterocycles. The molecule has 0 spiro atoms. The highest BCUT2D eigenvalue weighted by atomic mass is 32.2. The van der Waals surface area contributed by atoms with Crippen molar-refractivity contribution < 1.29 is 18.3 Å². The van der Waals surface area contributed by atoms with Crippen molar-refractivity contribution in [3.05, 3.63) is 29.3 Å². The molecule has 0 aromatic heterocycles. The second-order valence-electron chi connectivity index (χ2n) is 4.80. The van der Waals surface area contributed by atoms with Crippen molar-refractivity contribution in [3.8, 4) is 0 Å². The molecule has 1 heterocycles. The molecule has 1 aromatic carbocycles. The summed E-state index contributed by atoms with van der Waals surface area (Å²) in [5.41, 5.74) is 1.62. The summed E-state index contributed by atoms with van der Waals surface area (Å²) < 4.78 is 31.9. The van der Waals surface area contributed by atoms with Crippen LogP contribution in [0.1, 0.15) is 11.1 Å². The third kappa shape index (κ3) is 2.81. The second kappa shape index (κ2) is 5.58. The van der Waals surface area contributed by atoms with Crippen molar-refractivity contribution in [1.82, 2.24) is 4.31 Å². The lowest BCUT2D eigenvalue weighted by atomic mass is 10.2. The van der Waals surface area contributed by atoms with Crippen molar-refractivity contribution in [3.63, 3.8) is 0 Å². The van der Waals surface area contributed by atoms with Crippen LogP contribution in [0.2, 0.25) is 0 Å². The molecule has 1 fully saturated rings. The monoisotopic (exact) mass is 285 g/mol. The van der Waals surface area contributed by atoms with E-state index in [4.69, 9.17) is 4.74 Å². The number of hydrogen-bond acceptors (Lipinski definition) is 4. The quantitative estimate of drug-likeness (QED) is 0.887. The summed E-state index contributed by atoms with van der Waals surface area (Å²) in [5.74, 6) is 0. The van der Waals surface area contributed by atoms with E-state index < -0.39 is 16.1 Å². The van der Waals surface area contributed by atoms with Crippen LogP contribution >= 0.6 is 0 Å². The predicted molar refractivity (Wildman–Crippen MR) is 71.5 cm³/mol. The van der Waals surface area contributed by atoms with Crippen molar-refractivity contribution in [2.24, 2.45) is 0 Å². The van der Waals surface area contributed by atoms with E-state index in [9.17, 15) is 13.5 Å². The lowest BCUT2D eigenvalue weighted by Crippen LogP contribution is -2.50. The highest BCUT2D eigenvalue weighted by molar-refractivity contribution is 7.89. The maximum atomic E-state index is 12.7. The molecule has 1 aliphatic rings. The molecule has 1 N–H and O–H groups in total. The Morgan fingerprint density at radius 1 is 1.42 bits per heavy atom. The summed E-state index contributed by atoms with van der Waals surface area (Å²) in [7, 11) is -3.58. The van der Waals surface area contributed by atoms with Crippen molar-refractivity contribution >= 4 is 10.0 Å². The summed E-state index contributed by atoms with van der Waals surface area (Å²) in [6.07, 6.45) is 0. The first-order valence-corrected chi connectivity index (χ1v) is 7.68. The molecule has 6 heteroatoms. The molecule has 0 amide bonds. The van der Waals surface area contributed by atoms with Crippen LogP contribution in [0.15, 0.2) is 23.1 Å². The van der Waals surface area contributed by atoms with E-state index in [1.165, 1.54) is 4.31 Å². The normalized spacial score (nSPS) is 21.5. The Balaban J connectivity index is 2.43. The molecule has 1 saturated heterocycles. The van der Waals surface area contributed by atoms with Crippen molar-refractivity contribution in [1.29, 1.82) is 0 Å². The average molecular weight is 285 g/mol. The van der Waals surface area contributed by atoms with E-state index in [2.05, 4.69) is 0 Å². The summed E-state index contributed by atoms with van der Waals surface area (Å²) in [6.45, 7) is 4.29. The Morgan fingerprint density at radius 3 is 2.84 bits per heavy atom. The SMILES string of the molecule is Cc1ccc(C)c(S(=O)(=O)N2CCOCC2CO)c1. The predicted octanol–water partition coefficient (Wildman–Crippen LogP) is 0.685. The van der Waals surface area contributed by atoms with Gasteiger partial charge in [0.15, 0.2) is 0 Å². The summed E-state index contributed by atoms with van der Waals surface area (Å²) >= 11 is 0. The number of benzene rings is 1. The Kier molecular flexibility index (Phi) is 4.25. The summed E-state index contributed by atoms with van der Waals surface area (Å²) in [5, 5.41) is 9.31. The van der Waals surface area contributed by atoms with Gasteiger partial charge in [-0.05, 0) is 31.0 Å². The van der Waals surface area contributed by atoms with Crippen LogP contribution in [0.4, 0.5) is 0 Å². The summed E-state index contributed by atoms with van der Waals surface area (Å²) in [6, 6.07) is 4.86. The van der Waals surface area contributed by atoms with Crippen LogP contribution in [0.5, 0.6) is 0 Å². The van der Waals surface area contributed by atoms with E-state index in [1.54, 1.807) is 19.1 Å². The number of aliphatic hydroxyl groups is 1. The van der Waals surface area contributed by atoms with Gasteiger partial charge in [0, 0.05) is 6.54 Å². The van der Waals surface area contributed by atoms with Gasteiger partial charge < -0.3 is 9.84 Å². The first-order chi connectivity index (χ1) is 8.96. The van der Waals surface area contributed by atoms with E-state index in [-0.39, 0.29) is 19.8 Å². The number of morpholine rings is 1. The Morgan fingerprint density at radius 2 is 2.16 bits per heavy atom. The van der Waals surface area contributed by atoms with Crippen LogP contribution in [0, 0.1) is 13.8 Å². The van der Waals surface area contributed by atoms with Gasteiger partial charge in [0.05, 0.1) is 30.8 Å². The highest BCUT2D eigenvalue weighted by Gasteiger charge is 2.34. The average Bonchev–Trinajstić information content (AvgIpc) is 2.41. The van der Waals surface area contributed by atoms with Gasteiger partial charge in [0.1, 0.15) is 0 Å². The third-order valence-electron chi connectivity index (χ3n) is 3.31. The maximum Gasteiger partial charge on any atom is 0.243 e. The van der Waals surface area contributed by atoms with E-state index in [1.807, 2.05) is 13.0 Å². The highest BCUT2D eigenvalue weighted by Crippen LogP contribution is 2.24. The van der Waals surface area contributed by atoms with Crippen LogP contribution in [-0.2, 0) is 14.8 Å². The Labute approximate surface area is 113 Å². The summed E-state index contributed by atoms with van der Waals surface area (Å²) in [4.78, 5) is 0.313. The number of rotatable bonds is 3. The van der Waals surface area contributed by atoms with Gasteiger partial charge in [-0.1, -0.05) is 12.1 Å². The molecular formula is C13H19NO4S. The minimum Gasteiger partial charge on any atom is -0.395 e. The van der Waals surface area contributed by atoms with Crippen LogP contribution in [-0.4, -0.2) is 50.2 Å². The molecule has 0 bridgehead atoms. The van der Waals surface area contributed by atoms with Gasteiger partial charge in [-0.2, -0.15) is 4.31 Å². The van der Waals surface area contributed by atoms with Crippen molar-refractivity contribution in [2.75, 3.05) is 26.4 Å². The first kappa shape index (κ1) is 14.5. The Hall–Kier alpha value is -0.950. The molecule has 1 aromatic rings. The molecule has 0 saturated carbocycles. The maximum absolute atomic E-state index is 12.7. The minimum atomic E-state index is -3.58. The fourth-order valence-corrected chi connectivity index (χ4v) is 4.11. The number of hydrogen-bond donors (Lipinski definition) is 1. The Bertz CT molecular complexity index is 556. The van der Waals surface area contributed by atoms with Gasteiger partial charge in [-0.3, -0.25) is 0 Å². The van der Waals surface area contributed by atoms with E-state index in [0.717, 1.165) is 5.56 Å². The molecular weight excluding hydrogens is 266 g/mol. The lowest BCUT2D eigenvalue weighted by Gasteiger charge is -2.33. The third-order valence-corrected chi connectivity index (χ3v) is 5.41. The number of aryl methyl sites for hydroxylation is 2. The smallest absolute Gasteiger partial charge is 0.243 e. The zero-order chi connectivity index (χ0) is 14.0. The van der Waals surface area contributed by atoms with Gasteiger partial charge >= 0.3 is 0 Å². The lowest BCUT2D eigenvalue weighted by molar-refractivity contribution is 0.0109. The zero-order valence-electron chi connectivity index (χ0n) is 11.2. The molecule has 1 unspecified atom stereocenters. The van der Waals surface area contributed by atoms with Gasteiger partial charge in [0.2, 0.25) is 10.0 Å². The fraction of sp³-hybridized carbons (Fsp3) is 0.538. The molecule has 1 atom stereocenters. The molecule has 106 valence electrons. The standard InChI is InChI=1S/C13H19NO4S/c1-10-3-4-11(2)13(7-10)19(16,17)14-5-6-18-9-12(14)8-15/h3-4,7,12,15H,5-6,8-9H2,1-2H3. The molecule has 0 aliphatic carbocycles. The van der Waals surface area contributed by atoms with Gasteiger partial charge in [-0.15, -0.1) is 0 Å². The van der Waals surface area contributed by atoms with E-state index >= 15 is 0 Å². The number of sulfonamides is 1. The number of aliphatic hydroxyl groups excluding tert-OH is 1. The molecule has 5 nitrogen and oxygen atoms in total. The number of ether oxygens (including phenoxy) is 1. The van der Waals surface area contributed by atoms with Gasteiger partial charge in [-0.25, -0.2) is 8.42 Å². The fourth-order valence-electron chi connectivity index (χ4n) is 2.21. The zero-order valence-corrected chi connectivity index (χ0v) is 12.0. The largest absolute Gasteiger partial charge is 0.395 e. The van der Waals surface area contributed by atoms with E-state index in [0.29, 0.717) is 17.1 Å².